The summed E-state index contributed by atoms with van der Waals surface area (Å²) in [6, 6.07) is 9.06. The number of hydrogen-bond donors (Lipinski definition) is 2. The number of carbonyl (C=O) groups excluding carboxylic acids is 1. The van der Waals surface area contributed by atoms with Crippen molar-refractivity contribution >= 4 is 29.5 Å². The molecule has 41 heavy (non-hydrogen) atoms. The van der Waals surface area contributed by atoms with Crippen LogP contribution in [-0.2, 0) is 11.2 Å². The molecule has 0 fully saturated rings. The highest BCUT2D eigenvalue weighted by Crippen LogP contribution is 2.30. The Balaban J connectivity index is 0.00000196. The third-order valence-corrected chi connectivity index (χ3v) is 7.03. The van der Waals surface area contributed by atoms with Crippen molar-refractivity contribution in [2.24, 2.45) is 5.92 Å². The second kappa shape index (κ2) is 18.7. The van der Waals surface area contributed by atoms with Gasteiger partial charge in [-0.1, -0.05) is 84.7 Å². The molecule has 6 heteroatoms. The average molecular weight is 564 g/mol. The molecule has 1 amide bonds. The quantitative estimate of drug-likeness (QED) is 0.208. The molecule has 1 aromatic carbocycles. The van der Waals surface area contributed by atoms with Gasteiger partial charge >= 0.3 is 0 Å². The van der Waals surface area contributed by atoms with Crippen molar-refractivity contribution in [1.82, 2.24) is 10.3 Å². The summed E-state index contributed by atoms with van der Waals surface area (Å²) < 4.78 is 20.2. The van der Waals surface area contributed by atoms with E-state index >= 15 is 4.39 Å². The zero-order valence-corrected chi connectivity index (χ0v) is 26.4. The highest BCUT2D eigenvalue weighted by molar-refractivity contribution is 6.17. The second-order valence-electron chi connectivity index (χ2n) is 10.2. The first kappa shape index (κ1) is 35.5. The maximum atomic E-state index is 15.1. The van der Waals surface area contributed by atoms with E-state index in [9.17, 15) is 4.79 Å². The molecule has 0 saturated carbocycles. The van der Waals surface area contributed by atoms with Crippen molar-refractivity contribution in [2.75, 3.05) is 13.7 Å². The number of methoxy groups -OCH3 is 1. The third kappa shape index (κ3) is 11.1. The summed E-state index contributed by atoms with van der Waals surface area (Å²) in [6.07, 6.45) is 9.16. The summed E-state index contributed by atoms with van der Waals surface area (Å²) in [6.45, 7) is 18.5. The van der Waals surface area contributed by atoms with Gasteiger partial charge in [-0.15, -0.1) is 0 Å². The molecule has 224 valence electrons. The molecule has 0 spiro atoms. The maximum absolute atomic E-state index is 15.1. The number of aromatic nitrogens is 1. The van der Waals surface area contributed by atoms with Gasteiger partial charge in [-0.2, -0.15) is 0 Å². The molecule has 5 nitrogen and oxygen atoms in total. The van der Waals surface area contributed by atoms with E-state index in [2.05, 4.69) is 32.7 Å². The van der Waals surface area contributed by atoms with Crippen LogP contribution in [0, 0.1) is 11.3 Å². The van der Waals surface area contributed by atoms with Crippen LogP contribution in [0.25, 0.3) is 17.7 Å². The Bertz CT molecular complexity index is 1310. The fourth-order valence-corrected chi connectivity index (χ4v) is 4.04. The second-order valence-corrected chi connectivity index (χ2v) is 10.2. The SMILES string of the molecule is C=C(/C=c1/nc(/C(=C/C)C(=N)OC)cc/c1=C/C)CNC(=O)c1ccc(CC)c(C(F)CC(C)CC)c1.CCCC. The summed E-state index contributed by atoms with van der Waals surface area (Å²) in [4.78, 5) is 17.6. The van der Waals surface area contributed by atoms with Crippen LogP contribution in [0.1, 0.15) is 107 Å². The monoisotopic (exact) mass is 563 g/mol. The van der Waals surface area contributed by atoms with E-state index in [4.69, 9.17) is 15.1 Å². The van der Waals surface area contributed by atoms with E-state index in [0.29, 0.717) is 46.2 Å². The standard InChI is InChI=1S/C31H40FN3O2.C4H10/c1-8-20(5)16-27(32)26-18-24(13-12-22(26)9-2)31(36)34-19-21(6)17-29-23(10-3)14-15-28(35-29)25(11-4)30(33)37-7;1-3-4-2/h10-15,17-18,20,27,33H,6,8-9,16,19H2,1-5,7H3,(H,34,36);3-4H2,1-2H3/b23-10-,25-11-,29-17+,33-30?;. The third-order valence-electron chi connectivity index (χ3n) is 7.03. The number of aryl methyl sites for hydroxylation is 1. The van der Waals surface area contributed by atoms with Gasteiger partial charge in [0.15, 0.2) is 0 Å². The number of nitrogens with zero attached hydrogens (tertiary/aromatic N) is 1. The highest BCUT2D eigenvalue weighted by atomic mass is 19.1. The van der Waals surface area contributed by atoms with E-state index in [1.807, 2.05) is 58.0 Å². The number of hydrogen-bond acceptors (Lipinski definition) is 4. The molecular formula is C35H50FN3O2. The molecule has 0 aliphatic heterocycles. The maximum Gasteiger partial charge on any atom is 0.251 e. The Labute approximate surface area is 246 Å². The van der Waals surface area contributed by atoms with E-state index in [1.165, 1.54) is 20.0 Å². The lowest BCUT2D eigenvalue weighted by Gasteiger charge is -2.17. The van der Waals surface area contributed by atoms with Gasteiger partial charge in [-0.05, 0) is 78.8 Å². The van der Waals surface area contributed by atoms with Crippen LogP contribution in [-0.4, -0.2) is 30.4 Å². The number of allylic oxidation sites excluding steroid dienone is 1. The lowest BCUT2D eigenvalue weighted by molar-refractivity contribution is 0.0957. The van der Waals surface area contributed by atoms with Crippen molar-refractivity contribution in [2.45, 2.75) is 86.7 Å². The largest absolute Gasteiger partial charge is 0.481 e. The smallest absolute Gasteiger partial charge is 0.251 e. The molecule has 1 aromatic heterocycles. The summed E-state index contributed by atoms with van der Waals surface area (Å²) >= 11 is 0. The number of carbonyl (C=O) groups is 1. The number of amides is 1. The topological polar surface area (TPSA) is 75.1 Å². The van der Waals surface area contributed by atoms with E-state index in [0.717, 1.165) is 17.2 Å². The predicted octanol–water partition coefficient (Wildman–Crippen LogP) is 7.49. The molecule has 0 saturated heterocycles. The zero-order chi connectivity index (χ0) is 30.9. The molecule has 2 rings (SSSR count). The molecule has 0 aliphatic rings. The number of alkyl halides is 1. The van der Waals surface area contributed by atoms with Gasteiger partial charge in [0.2, 0.25) is 5.90 Å². The van der Waals surface area contributed by atoms with Crippen molar-refractivity contribution in [3.8, 4) is 0 Å². The Kier molecular flexibility index (Phi) is 16.2. The summed E-state index contributed by atoms with van der Waals surface area (Å²) in [7, 11) is 1.45. The van der Waals surface area contributed by atoms with Crippen LogP contribution in [0.5, 0.6) is 0 Å². The molecule has 2 unspecified atom stereocenters. The molecule has 0 aliphatic carbocycles. The Morgan fingerprint density at radius 1 is 1.15 bits per heavy atom. The van der Waals surface area contributed by atoms with Gasteiger partial charge in [-0.25, -0.2) is 9.37 Å². The number of pyridine rings is 1. The minimum Gasteiger partial charge on any atom is -0.481 e. The first-order valence-electron chi connectivity index (χ1n) is 14.8. The minimum absolute atomic E-state index is 0.0356. The summed E-state index contributed by atoms with van der Waals surface area (Å²) in [5.41, 5.74) is 3.84. The van der Waals surface area contributed by atoms with Gasteiger partial charge in [-0.3, -0.25) is 10.2 Å². The Morgan fingerprint density at radius 3 is 2.37 bits per heavy atom. The number of benzene rings is 1. The lowest BCUT2D eigenvalue weighted by atomic mass is 9.92. The predicted molar refractivity (Wildman–Crippen MR) is 172 cm³/mol. The van der Waals surface area contributed by atoms with Gasteiger partial charge in [0, 0.05) is 12.1 Å². The Hall–Kier alpha value is -3.54. The average Bonchev–Trinajstić information content (AvgIpc) is 2.99. The summed E-state index contributed by atoms with van der Waals surface area (Å²) in [5, 5.41) is 12.5. The summed E-state index contributed by atoms with van der Waals surface area (Å²) in [5.74, 6) is 0.0359. The molecular weight excluding hydrogens is 513 g/mol. The van der Waals surface area contributed by atoms with Gasteiger partial charge in [0.05, 0.1) is 23.7 Å². The number of nitrogens with one attached hydrogen (secondary N) is 2. The van der Waals surface area contributed by atoms with Gasteiger partial charge in [0.25, 0.3) is 5.91 Å². The fraction of sp³-hybridized carbons (Fsp3) is 0.457. The molecule has 1 heterocycles. The molecule has 0 bridgehead atoms. The van der Waals surface area contributed by atoms with Gasteiger partial charge in [0.1, 0.15) is 6.17 Å². The van der Waals surface area contributed by atoms with Gasteiger partial charge < -0.3 is 10.1 Å². The number of rotatable bonds is 12. The van der Waals surface area contributed by atoms with Crippen LogP contribution < -0.4 is 15.9 Å². The number of unbranched alkanes of at least 4 members (excludes halogenated alkanes) is 1. The number of ether oxygens (including phenoxy) is 1. The molecule has 0 radical (unpaired) electrons. The van der Waals surface area contributed by atoms with E-state index in [-0.39, 0.29) is 24.3 Å². The van der Waals surface area contributed by atoms with Crippen LogP contribution in [0.15, 0.2) is 48.6 Å². The minimum atomic E-state index is -1.09. The van der Waals surface area contributed by atoms with E-state index in [1.54, 1.807) is 18.2 Å². The molecule has 2 atom stereocenters. The molecule has 2 N–H and O–H groups in total. The van der Waals surface area contributed by atoms with Crippen molar-refractivity contribution < 1.29 is 13.9 Å². The van der Waals surface area contributed by atoms with Crippen LogP contribution in [0.2, 0.25) is 0 Å². The van der Waals surface area contributed by atoms with Crippen LogP contribution in [0.3, 0.4) is 0 Å². The zero-order valence-electron chi connectivity index (χ0n) is 26.4. The first-order valence-corrected chi connectivity index (χ1v) is 14.8. The van der Waals surface area contributed by atoms with Crippen LogP contribution in [0.4, 0.5) is 4.39 Å². The first-order chi connectivity index (χ1) is 19.6. The van der Waals surface area contributed by atoms with Crippen LogP contribution >= 0.6 is 0 Å². The van der Waals surface area contributed by atoms with E-state index < -0.39 is 6.17 Å². The lowest BCUT2D eigenvalue weighted by Crippen LogP contribution is -2.31. The van der Waals surface area contributed by atoms with Crippen molar-refractivity contribution in [1.29, 1.82) is 5.41 Å². The number of halogens is 1. The molecule has 2 aromatic rings. The highest BCUT2D eigenvalue weighted by Gasteiger charge is 2.18. The fourth-order valence-electron chi connectivity index (χ4n) is 4.04. The van der Waals surface area contributed by atoms with Crippen molar-refractivity contribution in [3.63, 3.8) is 0 Å². The normalized spacial score (nSPS) is 13.6. The van der Waals surface area contributed by atoms with Crippen molar-refractivity contribution in [3.05, 3.63) is 81.5 Å². The Morgan fingerprint density at radius 2 is 1.83 bits per heavy atom.